The smallest absolute Gasteiger partial charge is 0.870 e. The molecule has 7 nitrogen and oxygen atoms in total. The molecule has 0 bridgehead atoms. The maximum absolute atomic E-state index is 11.1. The van der Waals surface area contributed by atoms with E-state index in [0.717, 1.165) is 22.6 Å². The molecule has 0 aliphatic rings. The summed E-state index contributed by atoms with van der Waals surface area (Å²) in [5, 5.41) is 8.44. The van der Waals surface area contributed by atoms with Crippen molar-refractivity contribution < 1.29 is 63.9 Å². The van der Waals surface area contributed by atoms with Crippen molar-refractivity contribution in [2.45, 2.75) is 67.7 Å². The largest absolute Gasteiger partial charge is 1.00 e. The number of carboxylic acids is 1. The van der Waals surface area contributed by atoms with Gasteiger partial charge in [0.2, 0.25) is 0 Å². The third-order valence-corrected chi connectivity index (χ3v) is 4.29. The Kier molecular flexibility index (Phi) is 22.8. The number of rotatable bonds is 11. The minimum Gasteiger partial charge on any atom is -0.870 e. The van der Waals surface area contributed by atoms with Crippen molar-refractivity contribution in [2.75, 3.05) is 19.8 Å². The number of ether oxygens (including phenoxy) is 3. The van der Waals surface area contributed by atoms with Gasteiger partial charge >= 0.3 is 41.5 Å². The van der Waals surface area contributed by atoms with Crippen molar-refractivity contribution in [3.05, 3.63) is 58.7 Å². The molecule has 0 fully saturated rings. The molecule has 0 atom stereocenters. The first-order chi connectivity index (χ1) is 15.2. The summed E-state index contributed by atoms with van der Waals surface area (Å²) in [5.41, 5.74) is 4.68. The minimum atomic E-state index is -0.779. The summed E-state index contributed by atoms with van der Waals surface area (Å²) in [6.07, 6.45) is 1.80. The summed E-state index contributed by atoms with van der Waals surface area (Å²) in [4.78, 5) is 21.3. The predicted octanol–water partition coefficient (Wildman–Crippen LogP) is 3.04. The molecular weight excluding hydrogens is 459 g/mol. The molecule has 0 saturated carbocycles. The first-order valence-electron chi connectivity index (χ1n) is 11.0. The quantitative estimate of drug-likeness (QED) is 0.287. The van der Waals surface area contributed by atoms with Crippen LogP contribution in [0.15, 0.2) is 36.4 Å². The Balaban J connectivity index is -0.000000542. The van der Waals surface area contributed by atoms with Gasteiger partial charge in [-0.1, -0.05) is 19.6 Å². The molecule has 35 heavy (non-hydrogen) atoms. The van der Waals surface area contributed by atoms with E-state index in [1.807, 2.05) is 58.9 Å². The number of aliphatic carboxylic acids is 1. The van der Waals surface area contributed by atoms with Gasteiger partial charge in [0, 0.05) is 12.8 Å². The first-order valence-corrected chi connectivity index (χ1v) is 11.0. The van der Waals surface area contributed by atoms with Gasteiger partial charge in [0.05, 0.1) is 19.8 Å². The zero-order valence-electron chi connectivity index (χ0n) is 21.3. The second-order valence-electron chi connectivity index (χ2n) is 7.75. The Labute approximate surface area is 232 Å². The van der Waals surface area contributed by atoms with E-state index in [0.29, 0.717) is 39.1 Å². The van der Waals surface area contributed by atoms with Crippen LogP contribution in [0.1, 0.15) is 62.3 Å². The molecule has 2 aromatic carbocycles. The minimum absolute atomic E-state index is 0. The summed E-state index contributed by atoms with van der Waals surface area (Å²) in [6, 6.07) is 12.1. The third kappa shape index (κ3) is 18.9. The maximum atomic E-state index is 11.1. The van der Waals surface area contributed by atoms with Gasteiger partial charge in [-0.15, -0.1) is 0 Å². The fourth-order valence-electron chi connectivity index (χ4n) is 3.09. The normalized spacial score (nSPS) is 9.17. The number of carbonyl (C=O) groups excluding carboxylic acids is 1. The molecule has 0 heterocycles. The van der Waals surface area contributed by atoms with E-state index < -0.39 is 5.97 Å². The molecule has 0 aliphatic carbocycles. The molecule has 0 spiro atoms. The zero-order valence-corrected chi connectivity index (χ0v) is 23.3. The Morgan fingerprint density at radius 1 is 0.743 bits per heavy atom. The molecule has 2 rings (SSSR count). The van der Waals surface area contributed by atoms with Crippen LogP contribution in [0.3, 0.4) is 0 Å². The van der Waals surface area contributed by atoms with Crippen LogP contribution in [0.2, 0.25) is 0 Å². The van der Waals surface area contributed by atoms with E-state index in [-0.39, 0.29) is 54.9 Å². The van der Waals surface area contributed by atoms with Crippen LogP contribution in [0.4, 0.5) is 0 Å². The van der Waals surface area contributed by atoms with Crippen LogP contribution < -0.4 is 39.0 Å². The van der Waals surface area contributed by atoms with Crippen LogP contribution in [0.25, 0.3) is 0 Å². The Hall–Kier alpha value is -2.06. The van der Waals surface area contributed by atoms with Gasteiger partial charge < -0.3 is 24.8 Å². The standard InChI is InChI=1S/C14H20O3.C12H16O3.CH4.Na.H2O/c1-4-16-14(15)6-5-7-17-13-9-11(2)8-12(3)10-13;1-9-6-10(2)8-11(7-9)15-5-3-4-12(13)14;;;/h8-10H,4-7H2,1-3H3;6-8H,3-5H2,1-2H3,(H,13,14);1H4;;1H2/q;;;+1;/p-1. The van der Waals surface area contributed by atoms with Gasteiger partial charge in [-0.25, -0.2) is 0 Å². The molecule has 0 radical (unpaired) electrons. The van der Waals surface area contributed by atoms with Gasteiger partial charge in [-0.05, 0) is 94.0 Å². The van der Waals surface area contributed by atoms with E-state index in [1.54, 1.807) is 0 Å². The fraction of sp³-hybridized carbons (Fsp3) is 0.481. The number of benzene rings is 2. The zero-order chi connectivity index (χ0) is 23.9. The van der Waals surface area contributed by atoms with Crippen molar-refractivity contribution in [1.82, 2.24) is 0 Å². The van der Waals surface area contributed by atoms with Gasteiger partial charge in [-0.2, -0.15) is 0 Å². The summed E-state index contributed by atoms with van der Waals surface area (Å²) in [6.45, 7) is 11.3. The van der Waals surface area contributed by atoms with E-state index in [9.17, 15) is 9.59 Å². The van der Waals surface area contributed by atoms with Crippen molar-refractivity contribution in [3.63, 3.8) is 0 Å². The van der Waals surface area contributed by atoms with Crippen molar-refractivity contribution in [1.29, 1.82) is 0 Å². The van der Waals surface area contributed by atoms with Crippen molar-refractivity contribution in [2.24, 2.45) is 0 Å². The van der Waals surface area contributed by atoms with Crippen LogP contribution in [-0.2, 0) is 14.3 Å². The second kappa shape index (κ2) is 21.2. The topological polar surface area (TPSA) is 112 Å². The van der Waals surface area contributed by atoms with Crippen LogP contribution in [0, 0.1) is 27.7 Å². The van der Waals surface area contributed by atoms with E-state index in [1.165, 1.54) is 11.1 Å². The number of carboxylic acid groups (broad SMARTS) is 1. The maximum Gasteiger partial charge on any atom is 1.00 e. The first kappa shape index (κ1) is 37.5. The van der Waals surface area contributed by atoms with Crippen LogP contribution in [0.5, 0.6) is 11.5 Å². The summed E-state index contributed by atoms with van der Waals surface area (Å²) >= 11 is 0. The van der Waals surface area contributed by atoms with Gasteiger partial charge in [0.15, 0.2) is 0 Å². The predicted molar refractivity (Wildman–Crippen MR) is 134 cm³/mol. The Morgan fingerprint density at radius 2 is 1.11 bits per heavy atom. The van der Waals surface area contributed by atoms with Gasteiger partial charge in [0.1, 0.15) is 11.5 Å². The molecule has 0 unspecified atom stereocenters. The van der Waals surface area contributed by atoms with Gasteiger partial charge in [0.25, 0.3) is 0 Å². The summed E-state index contributed by atoms with van der Waals surface area (Å²) in [7, 11) is 0. The van der Waals surface area contributed by atoms with Crippen molar-refractivity contribution in [3.8, 4) is 11.5 Å². The molecule has 2 aromatic rings. The molecule has 0 amide bonds. The van der Waals surface area contributed by atoms with Gasteiger partial charge in [-0.3, -0.25) is 9.59 Å². The Bertz CT molecular complexity index is 828. The summed E-state index contributed by atoms with van der Waals surface area (Å²) in [5.74, 6) is 0.750. The van der Waals surface area contributed by atoms with Crippen molar-refractivity contribution >= 4 is 11.9 Å². The molecule has 192 valence electrons. The molecule has 0 aromatic heterocycles. The van der Waals surface area contributed by atoms with E-state index >= 15 is 0 Å². The molecule has 0 aliphatic heterocycles. The fourth-order valence-corrected chi connectivity index (χ4v) is 3.09. The molecule has 8 heteroatoms. The SMILES string of the molecule is C.CCOC(=O)CCCOc1cc(C)cc(C)c1.Cc1cc(C)cc(OCCCC(=O)O)c1.[Na+].[OH-]. The van der Waals surface area contributed by atoms with Crippen LogP contribution in [-0.4, -0.2) is 42.3 Å². The molecular formula is C27H41NaO7. The number of aryl methyl sites for hydroxylation is 4. The number of esters is 1. The third-order valence-electron chi connectivity index (χ3n) is 4.29. The average Bonchev–Trinajstić information content (AvgIpc) is 2.68. The molecule has 2 N–H and O–H groups in total. The number of hydrogen-bond acceptors (Lipinski definition) is 6. The number of hydrogen-bond donors (Lipinski definition) is 1. The number of carbonyl (C=O) groups is 2. The molecule has 0 saturated heterocycles. The Morgan fingerprint density at radius 3 is 1.46 bits per heavy atom. The summed E-state index contributed by atoms with van der Waals surface area (Å²) < 4.78 is 15.9. The van der Waals surface area contributed by atoms with E-state index in [2.05, 4.69) is 12.1 Å². The second-order valence-corrected chi connectivity index (χ2v) is 7.75. The monoisotopic (exact) mass is 500 g/mol. The average molecular weight is 501 g/mol. The van der Waals surface area contributed by atoms with Crippen LogP contribution >= 0.6 is 0 Å². The van der Waals surface area contributed by atoms with E-state index in [4.69, 9.17) is 19.3 Å².